The molecule has 3 nitrogen and oxygen atoms in total. The first-order valence-electron chi connectivity index (χ1n) is 5.76. The van der Waals surface area contributed by atoms with Crippen LogP contribution in [0.4, 0.5) is 0 Å². The second-order valence-electron chi connectivity index (χ2n) is 4.07. The molecule has 0 fully saturated rings. The maximum Gasteiger partial charge on any atom is 0.271 e. The molecule has 1 amide bonds. The fourth-order valence-corrected chi connectivity index (χ4v) is 2.01. The second kappa shape index (κ2) is 6.04. The van der Waals surface area contributed by atoms with Crippen LogP contribution in [-0.2, 0) is 0 Å². The summed E-state index contributed by atoms with van der Waals surface area (Å²) in [5.41, 5.74) is 1.14. The molecule has 1 atom stereocenters. The van der Waals surface area contributed by atoms with Gasteiger partial charge in [-0.05, 0) is 24.6 Å². The molecule has 1 aromatic carbocycles. The van der Waals surface area contributed by atoms with E-state index in [1.54, 1.807) is 12.1 Å². The van der Waals surface area contributed by atoms with E-state index in [1.165, 1.54) is 0 Å². The third-order valence-corrected chi connectivity index (χ3v) is 3.19. The molecule has 2 rings (SSSR count). The van der Waals surface area contributed by atoms with Crippen molar-refractivity contribution in [3.8, 4) is 0 Å². The lowest BCUT2D eigenvalue weighted by Crippen LogP contribution is -2.27. The van der Waals surface area contributed by atoms with Crippen LogP contribution in [0.15, 0.2) is 42.5 Å². The normalized spacial score (nSPS) is 11.9. The Kier molecular flexibility index (Phi) is 4.40. The van der Waals surface area contributed by atoms with Gasteiger partial charge < -0.3 is 5.32 Å². The van der Waals surface area contributed by atoms with Crippen LogP contribution in [0.25, 0.3) is 0 Å². The molecule has 0 spiro atoms. The van der Waals surface area contributed by atoms with E-state index in [0.29, 0.717) is 0 Å². The van der Waals surface area contributed by atoms with Crippen LogP contribution in [0.1, 0.15) is 29.0 Å². The summed E-state index contributed by atoms with van der Waals surface area (Å²) in [6.45, 7) is 1.89. The quantitative estimate of drug-likeness (QED) is 0.873. The monoisotopic (exact) mass is 294 g/mol. The topological polar surface area (TPSA) is 42.0 Å². The maximum absolute atomic E-state index is 12.1. The van der Waals surface area contributed by atoms with Gasteiger partial charge in [-0.1, -0.05) is 53.5 Å². The van der Waals surface area contributed by atoms with Gasteiger partial charge >= 0.3 is 0 Å². The number of halogens is 2. The Morgan fingerprint density at radius 3 is 2.53 bits per heavy atom. The minimum absolute atomic E-state index is 0.134. The fraction of sp³-hybridized carbons (Fsp3) is 0.143. The summed E-state index contributed by atoms with van der Waals surface area (Å²) >= 11 is 11.7. The molecular formula is C14H12Cl2N2O. The van der Waals surface area contributed by atoms with E-state index in [0.717, 1.165) is 5.56 Å². The van der Waals surface area contributed by atoms with Crippen LogP contribution >= 0.6 is 23.2 Å². The number of carbonyl (C=O) groups is 1. The van der Waals surface area contributed by atoms with Crippen molar-refractivity contribution in [1.29, 1.82) is 0 Å². The highest BCUT2D eigenvalue weighted by molar-refractivity contribution is 6.34. The molecule has 5 heteroatoms. The highest BCUT2D eigenvalue weighted by Crippen LogP contribution is 2.18. The number of pyridine rings is 1. The lowest BCUT2D eigenvalue weighted by molar-refractivity contribution is 0.0935. The van der Waals surface area contributed by atoms with Gasteiger partial charge in [0.25, 0.3) is 5.91 Å². The van der Waals surface area contributed by atoms with Crippen molar-refractivity contribution in [1.82, 2.24) is 10.3 Å². The summed E-state index contributed by atoms with van der Waals surface area (Å²) in [5, 5.41) is 3.35. The first-order chi connectivity index (χ1) is 9.08. The molecule has 0 saturated carbocycles. The van der Waals surface area contributed by atoms with Gasteiger partial charge in [-0.2, -0.15) is 0 Å². The second-order valence-corrected chi connectivity index (χ2v) is 4.86. The van der Waals surface area contributed by atoms with E-state index >= 15 is 0 Å². The number of hydrogen-bond acceptors (Lipinski definition) is 2. The molecule has 0 aliphatic heterocycles. The molecule has 0 aliphatic carbocycles. The summed E-state index contributed by atoms with van der Waals surface area (Å²) in [6, 6.07) is 12.6. The fourth-order valence-electron chi connectivity index (χ4n) is 1.67. The minimum atomic E-state index is -0.344. The van der Waals surface area contributed by atoms with Crippen molar-refractivity contribution in [2.24, 2.45) is 0 Å². The number of amides is 1. The first kappa shape index (κ1) is 13.8. The van der Waals surface area contributed by atoms with Crippen molar-refractivity contribution in [3.63, 3.8) is 0 Å². The predicted octanol–water partition coefficient (Wildman–Crippen LogP) is 3.88. The predicted molar refractivity (Wildman–Crippen MR) is 76.6 cm³/mol. The molecule has 1 N–H and O–H groups in total. The summed E-state index contributed by atoms with van der Waals surface area (Å²) < 4.78 is 0. The molecule has 1 heterocycles. The van der Waals surface area contributed by atoms with Gasteiger partial charge in [0.2, 0.25) is 0 Å². The lowest BCUT2D eigenvalue weighted by atomic mass is 10.1. The Hall–Kier alpha value is -1.58. The van der Waals surface area contributed by atoms with Gasteiger partial charge in [0.05, 0.1) is 11.1 Å². The van der Waals surface area contributed by atoms with E-state index in [9.17, 15) is 4.79 Å². The average Bonchev–Trinajstić information content (AvgIpc) is 2.42. The van der Waals surface area contributed by atoms with Crippen LogP contribution < -0.4 is 5.32 Å². The van der Waals surface area contributed by atoms with Gasteiger partial charge in [-0.15, -0.1) is 0 Å². The molecule has 0 bridgehead atoms. The Labute approximate surface area is 121 Å². The Bertz CT molecular complexity index is 587. The maximum atomic E-state index is 12.1. The molecule has 0 unspecified atom stereocenters. The Balaban J connectivity index is 2.15. The van der Waals surface area contributed by atoms with Crippen molar-refractivity contribution in [2.75, 3.05) is 0 Å². The van der Waals surface area contributed by atoms with Gasteiger partial charge in [0, 0.05) is 0 Å². The number of hydrogen-bond donors (Lipinski definition) is 1. The van der Waals surface area contributed by atoms with E-state index in [2.05, 4.69) is 10.3 Å². The molecular weight excluding hydrogens is 283 g/mol. The van der Waals surface area contributed by atoms with Crippen molar-refractivity contribution < 1.29 is 4.79 Å². The summed E-state index contributed by atoms with van der Waals surface area (Å²) in [6.07, 6.45) is 0. The number of nitrogens with one attached hydrogen (secondary N) is 1. The molecule has 1 aromatic heterocycles. The highest BCUT2D eigenvalue weighted by atomic mass is 35.5. The smallest absolute Gasteiger partial charge is 0.271 e. The third-order valence-electron chi connectivity index (χ3n) is 2.67. The summed E-state index contributed by atoms with van der Waals surface area (Å²) in [5.74, 6) is -0.344. The molecule has 0 radical (unpaired) electrons. The minimum Gasteiger partial charge on any atom is -0.344 e. The van der Waals surface area contributed by atoms with Gasteiger partial charge in [0.15, 0.2) is 0 Å². The number of carbonyl (C=O) groups excluding carboxylic acids is 1. The van der Waals surface area contributed by atoms with E-state index in [-0.39, 0.29) is 27.8 Å². The molecule has 2 aromatic rings. The van der Waals surface area contributed by atoms with Crippen LogP contribution in [-0.4, -0.2) is 10.9 Å². The van der Waals surface area contributed by atoms with Crippen molar-refractivity contribution in [3.05, 3.63) is 63.9 Å². The number of benzene rings is 1. The van der Waals surface area contributed by atoms with Crippen LogP contribution in [0.5, 0.6) is 0 Å². The van der Waals surface area contributed by atoms with Crippen LogP contribution in [0, 0.1) is 0 Å². The van der Waals surface area contributed by atoms with Gasteiger partial charge in [-0.3, -0.25) is 4.79 Å². The highest BCUT2D eigenvalue weighted by Gasteiger charge is 2.15. The number of nitrogens with zero attached hydrogens (tertiary/aromatic N) is 1. The van der Waals surface area contributed by atoms with E-state index in [4.69, 9.17) is 23.2 Å². The van der Waals surface area contributed by atoms with Gasteiger partial charge in [-0.25, -0.2) is 4.98 Å². The first-order valence-corrected chi connectivity index (χ1v) is 6.51. The van der Waals surface area contributed by atoms with Crippen LogP contribution in [0.3, 0.4) is 0 Å². The van der Waals surface area contributed by atoms with Crippen molar-refractivity contribution >= 4 is 29.1 Å². The van der Waals surface area contributed by atoms with Gasteiger partial charge in [0.1, 0.15) is 10.8 Å². The number of aromatic nitrogens is 1. The zero-order valence-corrected chi connectivity index (χ0v) is 11.7. The molecule has 98 valence electrons. The standard InChI is InChI=1S/C14H12Cl2N2O/c1-9(10-5-3-2-4-6-10)17-14(19)13-11(15)7-8-12(16)18-13/h2-9H,1H3,(H,17,19)/t9-/m1/s1. The Morgan fingerprint density at radius 1 is 1.16 bits per heavy atom. The number of rotatable bonds is 3. The largest absolute Gasteiger partial charge is 0.344 e. The zero-order chi connectivity index (χ0) is 13.8. The van der Waals surface area contributed by atoms with Crippen molar-refractivity contribution in [2.45, 2.75) is 13.0 Å². The summed E-state index contributed by atoms with van der Waals surface area (Å²) in [4.78, 5) is 16.0. The van der Waals surface area contributed by atoms with E-state index in [1.807, 2.05) is 37.3 Å². The molecule has 0 aliphatic rings. The Morgan fingerprint density at radius 2 is 1.84 bits per heavy atom. The molecule has 0 saturated heterocycles. The zero-order valence-electron chi connectivity index (χ0n) is 10.2. The third kappa shape index (κ3) is 3.46. The average molecular weight is 295 g/mol. The molecule has 19 heavy (non-hydrogen) atoms. The summed E-state index contributed by atoms with van der Waals surface area (Å²) in [7, 11) is 0. The van der Waals surface area contributed by atoms with E-state index < -0.39 is 0 Å². The van der Waals surface area contributed by atoms with Crippen LogP contribution in [0.2, 0.25) is 10.2 Å². The lowest BCUT2D eigenvalue weighted by Gasteiger charge is -2.14. The SMILES string of the molecule is C[C@@H](NC(=O)c1nc(Cl)ccc1Cl)c1ccccc1.